The van der Waals surface area contributed by atoms with Crippen LogP contribution in [0.1, 0.15) is 0 Å². The number of nitrogen functional groups attached to an aromatic ring is 1. The van der Waals surface area contributed by atoms with Gasteiger partial charge in [0.05, 0.1) is 11.4 Å². The van der Waals surface area contributed by atoms with Crippen molar-refractivity contribution in [2.24, 2.45) is 0 Å². The summed E-state index contributed by atoms with van der Waals surface area (Å²) in [6, 6.07) is 3.51. The third-order valence-electron chi connectivity index (χ3n) is 1.75. The second-order valence-electron chi connectivity index (χ2n) is 3.17. The number of anilines is 2. The summed E-state index contributed by atoms with van der Waals surface area (Å²) in [7, 11) is 0. The molecule has 0 aliphatic rings. The molecule has 92 valence electrons. The molecule has 4 N–H and O–H groups in total. The topological polar surface area (TPSA) is 102 Å². The molecule has 0 unspecified atom stereocenters. The maximum absolute atomic E-state index is 12.7. The average molecular weight is 242 g/mol. The Balaban J connectivity index is 2.48. The molecule has 0 saturated heterocycles. The molecule has 0 aliphatic carbocycles. The van der Waals surface area contributed by atoms with E-state index in [-0.39, 0.29) is 11.4 Å². The standard InChI is InChI=1S/C10H11FN2O4/c11-6-1-2-8(7(12)3-6)13-9(14)4-17-5-10(15)16/h1-3H,4-5,12H2,(H,13,14)(H,15,16). The smallest absolute Gasteiger partial charge is 0.329 e. The SMILES string of the molecule is Nc1cc(F)ccc1NC(=O)COCC(=O)O. The summed E-state index contributed by atoms with van der Waals surface area (Å²) in [6.45, 7) is -0.977. The highest BCUT2D eigenvalue weighted by Crippen LogP contribution is 2.18. The van der Waals surface area contributed by atoms with Crippen LogP contribution >= 0.6 is 0 Å². The van der Waals surface area contributed by atoms with Gasteiger partial charge in [-0.25, -0.2) is 9.18 Å². The van der Waals surface area contributed by atoms with Gasteiger partial charge in [-0.3, -0.25) is 4.79 Å². The van der Waals surface area contributed by atoms with Gasteiger partial charge >= 0.3 is 5.97 Å². The van der Waals surface area contributed by atoms with E-state index in [1.165, 1.54) is 6.07 Å². The highest BCUT2D eigenvalue weighted by atomic mass is 19.1. The molecule has 1 rings (SSSR count). The number of carbonyl (C=O) groups excluding carboxylic acids is 1. The van der Waals surface area contributed by atoms with E-state index in [0.717, 1.165) is 12.1 Å². The highest BCUT2D eigenvalue weighted by Gasteiger charge is 2.07. The molecule has 0 saturated carbocycles. The van der Waals surface area contributed by atoms with Gasteiger partial charge in [0.15, 0.2) is 0 Å². The first-order chi connectivity index (χ1) is 7.99. The summed E-state index contributed by atoms with van der Waals surface area (Å²) in [5, 5.41) is 10.6. The van der Waals surface area contributed by atoms with Gasteiger partial charge in [-0.05, 0) is 18.2 Å². The summed E-state index contributed by atoms with van der Waals surface area (Å²) >= 11 is 0. The number of hydrogen-bond donors (Lipinski definition) is 3. The third kappa shape index (κ3) is 4.47. The first-order valence-electron chi connectivity index (χ1n) is 4.63. The quantitative estimate of drug-likeness (QED) is 0.650. The van der Waals surface area contributed by atoms with Crippen LogP contribution in [0.15, 0.2) is 18.2 Å². The summed E-state index contributed by atoms with van der Waals surface area (Å²) in [4.78, 5) is 21.4. The first kappa shape index (κ1) is 12.9. The number of carboxylic acids is 1. The lowest BCUT2D eigenvalue weighted by Crippen LogP contribution is -2.21. The van der Waals surface area contributed by atoms with Crippen molar-refractivity contribution >= 4 is 23.3 Å². The molecule has 0 heterocycles. The minimum Gasteiger partial charge on any atom is -0.480 e. The lowest BCUT2D eigenvalue weighted by atomic mass is 10.2. The van der Waals surface area contributed by atoms with Crippen molar-refractivity contribution in [3.63, 3.8) is 0 Å². The minimum absolute atomic E-state index is 0.0802. The molecule has 0 atom stereocenters. The predicted octanol–water partition coefficient (Wildman–Crippen LogP) is 0.448. The lowest BCUT2D eigenvalue weighted by molar-refractivity contribution is -0.143. The molecule has 0 aromatic heterocycles. The van der Waals surface area contributed by atoms with E-state index in [4.69, 9.17) is 10.8 Å². The Labute approximate surface area is 96.2 Å². The zero-order valence-corrected chi connectivity index (χ0v) is 8.77. The van der Waals surface area contributed by atoms with Crippen LogP contribution in [0.2, 0.25) is 0 Å². The van der Waals surface area contributed by atoms with Gasteiger partial charge in [0.25, 0.3) is 0 Å². The van der Waals surface area contributed by atoms with Crippen LogP contribution in [0.3, 0.4) is 0 Å². The Morgan fingerprint density at radius 3 is 2.71 bits per heavy atom. The van der Waals surface area contributed by atoms with Gasteiger partial charge in [-0.1, -0.05) is 0 Å². The van der Waals surface area contributed by atoms with Gasteiger partial charge in [-0.15, -0.1) is 0 Å². The first-order valence-corrected chi connectivity index (χ1v) is 4.63. The molecule has 0 fully saturated rings. The second kappa shape index (κ2) is 5.80. The van der Waals surface area contributed by atoms with E-state index in [9.17, 15) is 14.0 Å². The number of carbonyl (C=O) groups is 2. The fourth-order valence-corrected chi connectivity index (χ4v) is 1.06. The Kier molecular flexibility index (Phi) is 4.41. The average Bonchev–Trinajstić information content (AvgIpc) is 2.21. The van der Waals surface area contributed by atoms with E-state index in [1.54, 1.807) is 0 Å². The van der Waals surface area contributed by atoms with Gasteiger partial charge in [0.2, 0.25) is 5.91 Å². The largest absolute Gasteiger partial charge is 0.480 e. The molecular weight excluding hydrogens is 231 g/mol. The number of halogens is 1. The Morgan fingerprint density at radius 1 is 1.41 bits per heavy atom. The van der Waals surface area contributed by atoms with Gasteiger partial charge in [0, 0.05) is 0 Å². The predicted molar refractivity (Wildman–Crippen MR) is 57.9 cm³/mol. The Hall–Kier alpha value is -2.15. The molecule has 6 nitrogen and oxygen atoms in total. The third-order valence-corrected chi connectivity index (χ3v) is 1.75. The van der Waals surface area contributed by atoms with E-state index in [0.29, 0.717) is 0 Å². The summed E-state index contributed by atoms with van der Waals surface area (Å²) in [6.07, 6.45) is 0. The van der Waals surface area contributed by atoms with Crippen molar-refractivity contribution in [2.45, 2.75) is 0 Å². The molecule has 1 aromatic carbocycles. The monoisotopic (exact) mass is 242 g/mol. The number of benzene rings is 1. The summed E-state index contributed by atoms with van der Waals surface area (Å²) < 4.78 is 17.3. The van der Waals surface area contributed by atoms with E-state index < -0.39 is 30.9 Å². The van der Waals surface area contributed by atoms with Crippen molar-refractivity contribution in [1.82, 2.24) is 0 Å². The molecule has 0 spiro atoms. The van der Waals surface area contributed by atoms with Crippen molar-refractivity contribution in [3.05, 3.63) is 24.0 Å². The number of ether oxygens (including phenoxy) is 1. The summed E-state index contributed by atoms with van der Waals surface area (Å²) in [5.74, 6) is -2.24. The maximum atomic E-state index is 12.7. The molecule has 1 amide bonds. The number of rotatable bonds is 5. The van der Waals surface area contributed by atoms with Crippen molar-refractivity contribution in [1.29, 1.82) is 0 Å². The molecule has 7 heteroatoms. The maximum Gasteiger partial charge on any atom is 0.329 e. The van der Waals surface area contributed by atoms with Crippen LogP contribution in [-0.2, 0) is 14.3 Å². The van der Waals surface area contributed by atoms with Crippen LogP contribution in [0, 0.1) is 5.82 Å². The number of nitrogens with two attached hydrogens (primary N) is 1. The Bertz CT molecular complexity index is 436. The number of amides is 1. The van der Waals surface area contributed by atoms with Crippen LogP contribution < -0.4 is 11.1 Å². The lowest BCUT2D eigenvalue weighted by Gasteiger charge is -2.07. The fourth-order valence-electron chi connectivity index (χ4n) is 1.06. The van der Waals surface area contributed by atoms with Crippen molar-refractivity contribution < 1.29 is 23.8 Å². The number of hydrogen-bond acceptors (Lipinski definition) is 4. The molecule has 0 radical (unpaired) electrons. The van der Waals surface area contributed by atoms with Gasteiger partial charge in [-0.2, -0.15) is 0 Å². The van der Waals surface area contributed by atoms with Crippen molar-refractivity contribution in [2.75, 3.05) is 24.3 Å². The number of aliphatic carboxylic acids is 1. The Morgan fingerprint density at radius 2 is 2.12 bits per heavy atom. The highest BCUT2D eigenvalue weighted by molar-refractivity contribution is 5.94. The molecule has 17 heavy (non-hydrogen) atoms. The van der Waals surface area contributed by atoms with Crippen LogP contribution in [-0.4, -0.2) is 30.2 Å². The van der Waals surface area contributed by atoms with Crippen LogP contribution in [0.4, 0.5) is 15.8 Å². The number of carboxylic acid groups (broad SMARTS) is 1. The van der Waals surface area contributed by atoms with E-state index in [1.807, 2.05) is 0 Å². The van der Waals surface area contributed by atoms with Crippen LogP contribution in [0.5, 0.6) is 0 Å². The summed E-state index contributed by atoms with van der Waals surface area (Å²) in [5.41, 5.74) is 5.78. The van der Waals surface area contributed by atoms with Crippen LogP contribution in [0.25, 0.3) is 0 Å². The normalized spacial score (nSPS) is 9.94. The van der Waals surface area contributed by atoms with Gasteiger partial charge in [0.1, 0.15) is 19.0 Å². The zero-order valence-electron chi connectivity index (χ0n) is 8.77. The van der Waals surface area contributed by atoms with Gasteiger partial charge < -0.3 is 20.9 Å². The molecular formula is C10H11FN2O4. The van der Waals surface area contributed by atoms with Crippen molar-refractivity contribution in [3.8, 4) is 0 Å². The van der Waals surface area contributed by atoms with E-state index >= 15 is 0 Å². The fraction of sp³-hybridized carbons (Fsp3) is 0.200. The minimum atomic E-state index is -1.17. The molecule has 0 bridgehead atoms. The molecule has 1 aromatic rings. The number of nitrogens with one attached hydrogen (secondary N) is 1. The molecule has 0 aliphatic heterocycles. The second-order valence-corrected chi connectivity index (χ2v) is 3.17. The zero-order chi connectivity index (χ0) is 12.8. The van der Waals surface area contributed by atoms with E-state index in [2.05, 4.69) is 10.1 Å².